The second-order valence-electron chi connectivity index (χ2n) is 10.6. The van der Waals surface area contributed by atoms with Crippen LogP contribution in [0.15, 0.2) is 102 Å². The molecule has 6 heteroatoms. The molecular weight excluding hydrogens is 484 g/mol. The zero-order valence-electron chi connectivity index (χ0n) is 22.4. The summed E-state index contributed by atoms with van der Waals surface area (Å²) in [5.74, 6) is 2.25. The van der Waals surface area contributed by atoms with Crippen LogP contribution in [0.25, 0.3) is 16.6 Å². The molecule has 0 saturated carbocycles. The molecule has 4 N–H and O–H groups in total. The lowest BCUT2D eigenvalue weighted by molar-refractivity contribution is 0.299. The van der Waals surface area contributed by atoms with Crippen LogP contribution in [0.5, 0.6) is 5.75 Å². The van der Waals surface area contributed by atoms with Gasteiger partial charge >= 0.3 is 0 Å². The Morgan fingerprint density at radius 2 is 1.74 bits per heavy atom. The summed E-state index contributed by atoms with van der Waals surface area (Å²) in [6.07, 6.45) is 13.4. The molecule has 3 aromatic rings. The van der Waals surface area contributed by atoms with Crippen molar-refractivity contribution in [1.82, 2.24) is 20.9 Å². The van der Waals surface area contributed by atoms with Gasteiger partial charge in [0.05, 0.1) is 43.0 Å². The van der Waals surface area contributed by atoms with Gasteiger partial charge in [-0.25, -0.2) is 0 Å². The number of hydrogen-bond donors (Lipinski definition) is 4. The lowest BCUT2D eigenvalue weighted by Crippen LogP contribution is -2.30. The van der Waals surface area contributed by atoms with Crippen molar-refractivity contribution >= 4 is 16.6 Å². The van der Waals surface area contributed by atoms with Crippen LogP contribution < -0.4 is 20.7 Å². The van der Waals surface area contributed by atoms with E-state index in [0.717, 1.165) is 48.7 Å². The van der Waals surface area contributed by atoms with Gasteiger partial charge in [-0.1, -0.05) is 36.4 Å². The molecule has 3 aliphatic heterocycles. The summed E-state index contributed by atoms with van der Waals surface area (Å²) < 4.78 is 11.0. The molecule has 39 heavy (non-hydrogen) atoms. The third kappa shape index (κ3) is 4.20. The molecule has 0 saturated heterocycles. The Morgan fingerprint density at radius 3 is 2.59 bits per heavy atom. The monoisotopic (exact) mass is 518 g/mol. The van der Waals surface area contributed by atoms with Crippen molar-refractivity contribution in [2.45, 2.75) is 24.8 Å². The van der Waals surface area contributed by atoms with Crippen LogP contribution in [0.4, 0.5) is 0 Å². The van der Waals surface area contributed by atoms with Crippen LogP contribution in [0.2, 0.25) is 0 Å². The van der Waals surface area contributed by atoms with E-state index in [9.17, 15) is 0 Å². The molecule has 6 nitrogen and oxygen atoms in total. The van der Waals surface area contributed by atoms with Gasteiger partial charge in [0.2, 0.25) is 0 Å². The number of fused-ring (bicyclic) bond motifs is 5. The fourth-order valence-corrected chi connectivity index (χ4v) is 6.46. The Morgan fingerprint density at radius 1 is 0.923 bits per heavy atom. The highest BCUT2D eigenvalue weighted by molar-refractivity contribution is 5.90. The molecule has 1 aromatic heterocycles. The topological polar surface area (TPSA) is 70.3 Å². The first-order chi connectivity index (χ1) is 19.2. The van der Waals surface area contributed by atoms with E-state index in [2.05, 4.69) is 93.8 Å². The third-order valence-electron chi connectivity index (χ3n) is 8.40. The molecule has 0 amide bonds. The van der Waals surface area contributed by atoms with Crippen LogP contribution >= 0.6 is 0 Å². The summed E-state index contributed by atoms with van der Waals surface area (Å²) in [5, 5.41) is 12.5. The summed E-state index contributed by atoms with van der Waals surface area (Å²) in [7, 11) is 3.45. The molecule has 7 rings (SSSR count). The number of H-pyrrole nitrogens is 1. The number of hydrogen-bond acceptors (Lipinski definition) is 5. The molecule has 3 atom stereocenters. The van der Waals surface area contributed by atoms with Gasteiger partial charge in [-0.2, -0.15) is 0 Å². The predicted octanol–water partition coefficient (Wildman–Crippen LogP) is 5.27. The highest BCUT2D eigenvalue weighted by Crippen LogP contribution is 2.39. The first-order valence-corrected chi connectivity index (χ1v) is 13.8. The lowest BCUT2D eigenvalue weighted by atomic mass is 9.86. The smallest absolute Gasteiger partial charge is 0.120 e. The lowest BCUT2D eigenvalue weighted by Gasteiger charge is -2.24. The van der Waals surface area contributed by atoms with Crippen molar-refractivity contribution in [1.29, 1.82) is 0 Å². The molecule has 4 heterocycles. The number of ether oxygens (including phenoxy) is 2. The molecule has 0 fully saturated rings. The first kappa shape index (κ1) is 23.8. The van der Waals surface area contributed by atoms with Gasteiger partial charge in [0.25, 0.3) is 0 Å². The minimum Gasteiger partial charge on any atom is -0.497 e. The number of methoxy groups -OCH3 is 2. The van der Waals surface area contributed by atoms with Gasteiger partial charge in [-0.15, -0.1) is 0 Å². The molecule has 4 aliphatic rings. The van der Waals surface area contributed by atoms with Gasteiger partial charge < -0.3 is 30.4 Å². The van der Waals surface area contributed by atoms with E-state index < -0.39 is 0 Å². The SMILES string of the molecule is COC1=CC2NC3=C(CCN/C3=C\C(/C=C3\NCCc4c3[nH]c3cc(OC)ccc43)c3ccccc3)C2C=C1. The summed E-state index contributed by atoms with van der Waals surface area (Å²) in [6.45, 7) is 1.85. The van der Waals surface area contributed by atoms with Gasteiger partial charge in [-0.3, -0.25) is 0 Å². The number of aromatic amines is 1. The van der Waals surface area contributed by atoms with Crippen LogP contribution in [-0.4, -0.2) is 38.3 Å². The molecule has 2 aromatic carbocycles. The Bertz CT molecular complexity index is 1570. The normalized spacial score (nSPS) is 24.3. The van der Waals surface area contributed by atoms with Crippen LogP contribution in [0, 0.1) is 5.92 Å². The second-order valence-corrected chi connectivity index (χ2v) is 10.6. The van der Waals surface area contributed by atoms with Crippen molar-refractivity contribution in [2.75, 3.05) is 27.3 Å². The van der Waals surface area contributed by atoms with Crippen molar-refractivity contribution in [2.24, 2.45) is 5.92 Å². The summed E-state index contributed by atoms with van der Waals surface area (Å²) in [6, 6.07) is 17.3. The van der Waals surface area contributed by atoms with Crippen molar-refractivity contribution < 1.29 is 9.47 Å². The zero-order chi connectivity index (χ0) is 26.3. The summed E-state index contributed by atoms with van der Waals surface area (Å²) in [4.78, 5) is 3.69. The minimum absolute atomic E-state index is 0.0833. The largest absolute Gasteiger partial charge is 0.497 e. The number of rotatable bonds is 5. The average molecular weight is 519 g/mol. The van der Waals surface area contributed by atoms with E-state index >= 15 is 0 Å². The Kier molecular flexibility index (Phi) is 5.95. The van der Waals surface area contributed by atoms with E-state index in [0.29, 0.717) is 5.92 Å². The number of allylic oxidation sites excluding steroid dienone is 3. The van der Waals surface area contributed by atoms with E-state index in [-0.39, 0.29) is 12.0 Å². The van der Waals surface area contributed by atoms with Gasteiger partial charge in [0.15, 0.2) is 0 Å². The Hall–Kier alpha value is -4.32. The predicted molar refractivity (Wildman–Crippen MR) is 156 cm³/mol. The fraction of sp³-hybridized carbons (Fsp3) is 0.273. The average Bonchev–Trinajstić information content (AvgIpc) is 3.55. The van der Waals surface area contributed by atoms with Crippen LogP contribution in [0.3, 0.4) is 0 Å². The fourth-order valence-electron chi connectivity index (χ4n) is 6.46. The molecular formula is C33H34N4O2. The standard InChI is InChI=1S/C33H34N4O2/c1-38-22-8-10-24-26-12-14-34-30(32(26)36-28(24)18-22)16-21(20-6-4-3-5-7-20)17-31-33-27(13-15-35-31)25-11-9-23(39-2)19-29(25)37-33/h3-11,16-19,21,24,28,34-37H,12-15H2,1-2H3/b30-16-,31-17-. The third-order valence-corrected chi connectivity index (χ3v) is 8.40. The Balaban J connectivity index is 1.30. The maximum atomic E-state index is 5.51. The van der Waals surface area contributed by atoms with Gasteiger partial charge in [-0.05, 0) is 66.0 Å². The van der Waals surface area contributed by atoms with Gasteiger partial charge in [0.1, 0.15) is 11.5 Å². The number of nitrogens with one attached hydrogen (secondary N) is 4. The van der Waals surface area contributed by atoms with E-state index in [1.807, 2.05) is 6.07 Å². The molecule has 198 valence electrons. The number of benzene rings is 2. The summed E-state index contributed by atoms with van der Waals surface area (Å²) >= 11 is 0. The second kappa shape index (κ2) is 9.77. The van der Waals surface area contributed by atoms with Crippen LogP contribution in [0.1, 0.15) is 29.2 Å². The van der Waals surface area contributed by atoms with E-state index in [1.54, 1.807) is 14.2 Å². The maximum absolute atomic E-state index is 5.51. The maximum Gasteiger partial charge on any atom is 0.120 e. The zero-order valence-corrected chi connectivity index (χ0v) is 22.4. The summed E-state index contributed by atoms with van der Waals surface area (Å²) in [5.41, 5.74) is 9.95. The number of aromatic nitrogens is 1. The highest BCUT2D eigenvalue weighted by atomic mass is 16.5. The first-order valence-electron chi connectivity index (χ1n) is 13.8. The van der Waals surface area contributed by atoms with Gasteiger partial charge in [0, 0.05) is 41.9 Å². The molecule has 0 bridgehead atoms. The van der Waals surface area contributed by atoms with Crippen molar-refractivity contribution in [3.05, 3.63) is 118 Å². The molecule has 0 radical (unpaired) electrons. The molecule has 1 aliphatic carbocycles. The molecule has 0 spiro atoms. The highest BCUT2D eigenvalue weighted by Gasteiger charge is 2.36. The van der Waals surface area contributed by atoms with Crippen LogP contribution in [-0.2, 0) is 11.2 Å². The Labute approximate surface area is 229 Å². The van der Waals surface area contributed by atoms with Crippen molar-refractivity contribution in [3.63, 3.8) is 0 Å². The van der Waals surface area contributed by atoms with E-state index in [1.165, 1.54) is 39.2 Å². The minimum atomic E-state index is 0.0833. The van der Waals surface area contributed by atoms with Crippen molar-refractivity contribution in [3.8, 4) is 5.75 Å². The quantitative estimate of drug-likeness (QED) is 0.371. The van der Waals surface area contributed by atoms with E-state index in [4.69, 9.17) is 9.47 Å². The molecule has 3 unspecified atom stereocenters.